The summed E-state index contributed by atoms with van der Waals surface area (Å²) in [6.07, 6.45) is 1.46. The van der Waals surface area contributed by atoms with Crippen LogP contribution in [0.5, 0.6) is 0 Å². The van der Waals surface area contributed by atoms with Crippen LogP contribution in [0.3, 0.4) is 0 Å². The first-order valence-electron chi connectivity index (χ1n) is 8.47. The van der Waals surface area contributed by atoms with Crippen LogP contribution in [0.4, 0.5) is 5.69 Å². The van der Waals surface area contributed by atoms with Gasteiger partial charge in [-0.25, -0.2) is 5.01 Å². The van der Waals surface area contributed by atoms with Crippen LogP contribution >= 0.6 is 27.7 Å². The van der Waals surface area contributed by atoms with Gasteiger partial charge >= 0.3 is 0 Å². The smallest absolute Gasteiger partial charge is 0.282 e. The van der Waals surface area contributed by atoms with Crippen molar-refractivity contribution in [2.75, 3.05) is 5.01 Å². The van der Waals surface area contributed by atoms with E-state index in [0.717, 1.165) is 9.37 Å². The normalized spacial score (nSPS) is 15.4. The van der Waals surface area contributed by atoms with Gasteiger partial charge in [-0.05, 0) is 59.3 Å². The van der Waals surface area contributed by atoms with Crippen molar-refractivity contribution in [2.45, 2.75) is 16.9 Å². The molecule has 0 atom stereocenters. The molecule has 1 aromatic heterocycles. The van der Waals surface area contributed by atoms with E-state index in [1.54, 1.807) is 30.3 Å². The number of anilines is 1. The van der Waals surface area contributed by atoms with Gasteiger partial charge < -0.3 is 4.42 Å². The lowest BCUT2D eigenvalue weighted by molar-refractivity contribution is -0.117. The number of nitrogens with one attached hydrogen (secondary N) is 1. The lowest BCUT2D eigenvalue weighted by Gasteiger charge is -2.13. The molecule has 4 rings (SSSR count). The molecule has 0 spiro atoms. The lowest BCUT2D eigenvalue weighted by Crippen LogP contribution is -2.35. The Balaban J connectivity index is 1.58. The summed E-state index contributed by atoms with van der Waals surface area (Å²) in [5.41, 5.74) is 4.38. The highest BCUT2D eigenvalue weighted by Crippen LogP contribution is 2.37. The Bertz CT molecular complexity index is 1070. The van der Waals surface area contributed by atoms with E-state index in [2.05, 4.69) is 21.4 Å². The molecule has 0 bridgehead atoms. The SMILES string of the molecule is Cc1ccc(Sc2oc(C=C3C(=O)NN(c4ccccc4)C3=O)cc2Br)cc1. The number of amides is 2. The Kier molecular flexibility index (Phi) is 5.11. The van der Waals surface area contributed by atoms with Crippen LogP contribution in [0, 0.1) is 6.92 Å². The second-order valence-corrected chi connectivity index (χ2v) is 8.07. The number of furan rings is 1. The zero-order valence-electron chi connectivity index (χ0n) is 14.8. The molecule has 140 valence electrons. The van der Waals surface area contributed by atoms with E-state index in [0.29, 0.717) is 16.5 Å². The zero-order chi connectivity index (χ0) is 19.7. The van der Waals surface area contributed by atoms with Gasteiger partial charge in [0.25, 0.3) is 11.8 Å². The highest BCUT2D eigenvalue weighted by atomic mass is 79.9. The van der Waals surface area contributed by atoms with Gasteiger partial charge in [-0.3, -0.25) is 15.0 Å². The molecule has 0 saturated carbocycles. The molecule has 2 amide bonds. The summed E-state index contributed by atoms with van der Waals surface area (Å²) in [6, 6.07) is 18.8. The molecule has 2 aromatic carbocycles. The van der Waals surface area contributed by atoms with Crippen molar-refractivity contribution in [1.82, 2.24) is 5.43 Å². The van der Waals surface area contributed by atoms with Crippen LogP contribution in [-0.2, 0) is 9.59 Å². The molecule has 2 heterocycles. The summed E-state index contributed by atoms with van der Waals surface area (Å²) in [7, 11) is 0. The summed E-state index contributed by atoms with van der Waals surface area (Å²) in [5.74, 6) is -0.458. The fourth-order valence-corrected chi connectivity index (χ4v) is 4.01. The number of hydrogen-bond acceptors (Lipinski definition) is 4. The zero-order valence-corrected chi connectivity index (χ0v) is 17.2. The van der Waals surface area contributed by atoms with Crippen LogP contribution in [0.15, 0.2) is 85.1 Å². The van der Waals surface area contributed by atoms with E-state index < -0.39 is 11.8 Å². The number of carbonyl (C=O) groups excluding carboxylic acids is 2. The van der Waals surface area contributed by atoms with E-state index in [-0.39, 0.29) is 5.57 Å². The average molecular weight is 455 g/mol. The van der Waals surface area contributed by atoms with E-state index >= 15 is 0 Å². The Morgan fingerprint density at radius 1 is 1.07 bits per heavy atom. The van der Waals surface area contributed by atoms with Crippen molar-refractivity contribution >= 4 is 51.3 Å². The molecule has 0 radical (unpaired) electrons. The second-order valence-electron chi connectivity index (χ2n) is 6.17. The lowest BCUT2D eigenvalue weighted by atomic mass is 10.2. The van der Waals surface area contributed by atoms with Crippen LogP contribution in [0.1, 0.15) is 11.3 Å². The maximum atomic E-state index is 12.7. The summed E-state index contributed by atoms with van der Waals surface area (Å²) >= 11 is 4.94. The third kappa shape index (κ3) is 3.76. The number of carbonyl (C=O) groups is 2. The third-order valence-corrected chi connectivity index (χ3v) is 5.95. The molecule has 1 saturated heterocycles. The molecule has 1 aliphatic rings. The minimum atomic E-state index is -0.464. The molecule has 1 N–H and O–H groups in total. The fraction of sp³-hybridized carbons (Fsp3) is 0.0476. The van der Waals surface area contributed by atoms with Crippen molar-refractivity contribution in [3.8, 4) is 0 Å². The van der Waals surface area contributed by atoms with Gasteiger partial charge in [0.1, 0.15) is 11.3 Å². The van der Waals surface area contributed by atoms with E-state index in [4.69, 9.17) is 4.42 Å². The number of hydrogen-bond donors (Lipinski definition) is 1. The van der Waals surface area contributed by atoms with Crippen molar-refractivity contribution in [3.63, 3.8) is 0 Å². The molecule has 28 heavy (non-hydrogen) atoms. The topological polar surface area (TPSA) is 62.6 Å². The quantitative estimate of drug-likeness (QED) is 0.446. The van der Waals surface area contributed by atoms with Crippen molar-refractivity contribution in [1.29, 1.82) is 0 Å². The standard InChI is InChI=1S/C21H15BrN2O3S/c1-13-7-9-16(10-8-13)28-21-18(22)12-15(27-21)11-17-19(25)23-24(20(17)26)14-5-3-2-4-6-14/h2-12H,1H3,(H,23,25). The van der Waals surface area contributed by atoms with Crippen molar-refractivity contribution < 1.29 is 14.0 Å². The largest absolute Gasteiger partial charge is 0.449 e. The summed E-state index contributed by atoms with van der Waals surface area (Å²) in [4.78, 5) is 26.0. The van der Waals surface area contributed by atoms with E-state index in [9.17, 15) is 9.59 Å². The van der Waals surface area contributed by atoms with Crippen LogP contribution in [0.2, 0.25) is 0 Å². The number of para-hydroxylation sites is 1. The number of aryl methyl sites for hydroxylation is 1. The number of benzene rings is 2. The van der Waals surface area contributed by atoms with Gasteiger partial charge in [0, 0.05) is 4.90 Å². The third-order valence-electron chi connectivity index (χ3n) is 4.10. The van der Waals surface area contributed by atoms with Crippen LogP contribution < -0.4 is 10.4 Å². The van der Waals surface area contributed by atoms with Gasteiger partial charge in [-0.1, -0.05) is 47.7 Å². The Labute approximate surface area is 174 Å². The number of rotatable bonds is 4. The van der Waals surface area contributed by atoms with Gasteiger partial charge in [-0.15, -0.1) is 0 Å². The molecule has 0 aliphatic carbocycles. The Morgan fingerprint density at radius 2 is 1.79 bits per heavy atom. The monoisotopic (exact) mass is 454 g/mol. The Morgan fingerprint density at radius 3 is 2.50 bits per heavy atom. The van der Waals surface area contributed by atoms with Crippen molar-refractivity contribution in [2.24, 2.45) is 0 Å². The van der Waals surface area contributed by atoms with Crippen LogP contribution in [0.25, 0.3) is 6.08 Å². The van der Waals surface area contributed by atoms with Crippen LogP contribution in [-0.4, -0.2) is 11.8 Å². The fourth-order valence-electron chi connectivity index (χ4n) is 2.68. The molecular formula is C21H15BrN2O3S. The van der Waals surface area contributed by atoms with E-state index in [1.165, 1.54) is 28.4 Å². The molecule has 0 unspecified atom stereocenters. The first kappa shape index (κ1) is 18.6. The first-order valence-corrected chi connectivity index (χ1v) is 10.1. The maximum absolute atomic E-state index is 12.7. The second kappa shape index (κ2) is 7.69. The molecular weight excluding hydrogens is 440 g/mol. The first-order chi connectivity index (χ1) is 13.5. The highest BCUT2D eigenvalue weighted by Gasteiger charge is 2.34. The number of nitrogens with zero attached hydrogens (tertiary/aromatic N) is 1. The summed E-state index contributed by atoms with van der Waals surface area (Å²) in [6.45, 7) is 2.03. The summed E-state index contributed by atoms with van der Waals surface area (Å²) in [5, 5.41) is 1.88. The minimum absolute atomic E-state index is 0.0250. The molecule has 3 aromatic rings. The predicted molar refractivity (Wildman–Crippen MR) is 112 cm³/mol. The molecule has 1 aliphatic heterocycles. The van der Waals surface area contributed by atoms with Gasteiger partial charge in [0.15, 0.2) is 5.09 Å². The van der Waals surface area contributed by atoms with E-state index in [1.807, 2.05) is 37.3 Å². The number of halogens is 1. The predicted octanol–water partition coefficient (Wildman–Crippen LogP) is 4.96. The molecule has 7 heteroatoms. The minimum Gasteiger partial charge on any atom is -0.449 e. The number of hydrazine groups is 1. The maximum Gasteiger partial charge on any atom is 0.282 e. The molecule has 1 fully saturated rings. The molecule has 5 nitrogen and oxygen atoms in total. The van der Waals surface area contributed by atoms with Gasteiger partial charge in [0.05, 0.1) is 10.2 Å². The summed E-state index contributed by atoms with van der Waals surface area (Å²) < 4.78 is 6.60. The van der Waals surface area contributed by atoms with Gasteiger partial charge in [0.2, 0.25) is 0 Å². The Hall–Kier alpha value is -2.77. The van der Waals surface area contributed by atoms with Crippen molar-refractivity contribution in [3.05, 3.63) is 82.0 Å². The average Bonchev–Trinajstić information content (AvgIpc) is 3.18. The highest BCUT2D eigenvalue weighted by molar-refractivity contribution is 9.10. The van der Waals surface area contributed by atoms with Gasteiger partial charge in [-0.2, -0.15) is 0 Å².